The molecule has 30 heavy (non-hydrogen) atoms. The highest BCUT2D eigenvalue weighted by atomic mass is 19.1. The quantitative estimate of drug-likeness (QED) is 0.423. The van der Waals surface area contributed by atoms with Crippen LogP contribution >= 0.6 is 0 Å². The van der Waals surface area contributed by atoms with Gasteiger partial charge in [-0.2, -0.15) is 0 Å². The maximum Gasteiger partial charge on any atom is 0.273 e. The van der Waals surface area contributed by atoms with Gasteiger partial charge in [0.2, 0.25) is 6.29 Å². The van der Waals surface area contributed by atoms with Crippen LogP contribution in [0.3, 0.4) is 0 Å². The molecule has 0 bridgehead atoms. The second kappa shape index (κ2) is 8.38. The summed E-state index contributed by atoms with van der Waals surface area (Å²) in [6.07, 6.45) is -0.629. The van der Waals surface area contributed by atoms with E-state index in [9.17, 15) is 14.5 Å². The van der Waals surface area contributed by atoms with Gasteiger partial charge in [-0.1, -0.05) is 30.3 Å². The highest BCUT2D eigenvalue weighted by Gasteiger charge is 2.25. The Balaban J connectivity index is 1.61. The monoisotopic (exact) mass is 411 g/mol. The molecule has 0 aromatic heterocycles. The van der Waals surface area contributed by atoms with Crippen molar-refractivity contribution in [2.75, 3.05) is 7.11 Å². The molecule has 0 radical (unpaired) electrons. The zero-order valence-corrected chi connectivity index (χ0v) is 16.0. The van der Waals surface area contributed by atoms with E-state index in [1.165, 1.54) is 37.4 Å². The number of hydrogen-bond donors (Lipinski definition) is 0. The van der Waals surface area contributed by atoms with Gasteiger partial charge in [0.05, 0.1) is 24.7 Å². The molecule has 8 heteroatoms. The summed E-state index contributed by atoms with van der Waals surface area (Å²) in [4.78, 5) is 10.5. The average Bonchev–Trinajstić information content (AvgIpc) is 2.77. The van der Waals surface area contributed by atoms with Gasteiger partial charge in [-0.3, -0.25) is 10.1 Å². The molecule has 0 saturated carbocycles. The van der Waals surface area contributed by atoms with Gasteiger partial charge in [0.1, 0.15) is 18.2 Å². The van der Waals surface area contributed by atoms with Gasteiger partial charge in [0.25, 0.3) is 5.69 Å². The Morgan fingerprint density at radius 2 is 1.93 bits per heavy atom. The van der Waals surface area contributed by atoms with Crippen LogP contribution in [0.25, 0.3) is 0 Å². The number of methoxy groups -OCH3 is 1. The third-order valence-corrected chi connectivity index (χ3v) is 4.64. The first-order chi connectivity index (χ1) is 14.5. The van der Waals surface area contributed by atoms with E-state index in [1.807, 2.05) is 30.3 Å². The second-order valence-corrected chi connectivity index (χ2v) is 6.61. The van der Waals surface area contributed by atoms with Gasteiger partial charge in [-0.05, 0) is 18.2 Å². The molecule has 154 valence electrons. The molecule has 0 saturated heterocycles. The SMILES string of the molecule is COc1ccc([N+](=O)[O-])cc1OCc1cc(F)cc2c1O[C@H](c1ccccc1)OC2. The number of hydrogen-bond acceptors (Lipinski definition) is 6. The zero-order valence-electron chi connectivity index (χ0n) is 16.0. The van der Waals surface area contributed by atoms with Crippen LogP contribution < -0.4 is 14.2 Å². The van der Waals surface area contributed by atoms with E-state index in [1.54, 1.807) is 0 Å². The van der Waals surface area contributed by atoms with Gasteiger partial charge >= 0.3 is 0 Å². The number of fused-ring (bicyclic) bond motifs is 1. The van der Waals surface area contributed by atoms with Crippen LogP contribution in [-0.4, -0.2) is 12.0 Å². The summed E-state index contributed by atoms with van der Waals surface area (Å²) in [7, 11) is 1.43. The van der Waals surface area contributed by atoms with Crippen LogP contribution in [0.15, 0.2) is 60.7 Å². The molecule has 1 heterocycles. The standard InChI is InChI=1S/C22H18FNO6/c1-27-19-8-7-18(24(25)26)11-20(19)28-12-15-9-17(23)10-16-13-29-22(30-21(15)16)14-5-3-2-4-6-14/h2-11,22H,12-13H2,1H3/t22-/m1/s1. The summed E-state index contributed by atoms with van der Waals surface area (Å²) < 4.78 is 36.8. The molecule has 3 aromatic rings. The number of rotatable bonds is 6. The molecule has 1 atom stereocenters. The third kappa shape index (κ3) is 4.04. The van der Waals surface area contributed by atoms with Crippen molar-refractivity contribution in [3.8, 4) is 17.2 Å². The lowest BCUT2D eigenvalue weighted by Gasteiger charge is -2.28. The first kappa shape index (κ1) is 19.7. The molecule has 7 nitrogen and oxygen atoms in total. The first-order valence-electron chi connectivity index (χ1n) is 9.15. The van der Waals surface area contributed by atoms with E-state index in [0.29, 0.717) is 22.6 Å². The summed E-state index contributed by atoms with van der Waals surface area (Å²) in [6, 6.07) is 16.1. The van der Waals surface area contributed by atoms with Crippen LogP contribution in [-0.2, 0) is 18.0 Å². The number of nitro benzene ring substituents is 1. The maximum atomic E-state index is 14.1. The highest BCUT2D eigenvalue weighted by molar-refractivity contribution is 5.49. The molecule has 0 amide bonds. The van der Waals surface area contributed by atoms with Crippen molar-refractivity contribution in [2.24, 2.45) is 0 Å². The normalized spacial score (nSPS) is 15.1. The fourth-order valence-electron chi connectivity index (χ4n) is 3.21. The van der Waals surface area contributed by atoms with E-state index in [-0.39, 0.29) is 24.7 Å². The molecule has 1 aliphatic heterocycles. The van der Waals surface area contributed by atoms with E-state index < -0.39 is 17.0 Å². The Morgan fingerprint density at radius 3 is 2.67 bits per heavy atom. The van der Waals surface area contributed by atoms with E-state index in [4.69, 9.17) is 18.9 Å². The second-order valence-electron chi connectivity index (χ2n) is 6.61. The molecule has 3 aromatic carbocycles. The maximum absolute atomic E-state index is 14.1. The van der Waals surface area contributed by atoms with Crippen LogP contribution in [0.1, 0.15) is 23.0 Å². The molecule has 0 N–H and O–H groups in total. The first-order valence-corrected chi connectivity index (χ1v) is 9.15. The lowest BCUT2D eigenvalue weighted by atomic mass is 10.1. The lowest BCUT2D eigenvalue weighted by Crippen LogP contribution is -2.19. The predicted octanol–water partition coefficient (Wildman–Crippen LogP) is 4.93. The summed E-state index contributed by atoms with van der Waals surface area (Å²) in [5.41, 5.74) is 1.72. The molecule has 4 rings (SSSR count). The Hall–Kier alpha value is -3.65. The smallest absolute Gasteiger partial charge is 0.273 e. The summed E-state index contributed by atoms with van der Waals surface area (Å²) in [6.45, 7) is 0.110. The molecule has 0 unspecified atom stereocenters. The Morgan fingerprint density at radius 1 is 1.13 bits per heavy atom. The van der Waals surface area contributed by atoms with Crippen molar-refractivity contribution in [1.82, 2.24) is 0 Å². The minimum atomic E-state index is -0.629. The minimum Gasteiger partial charge on any atom is -0.493 e. The van der Waals surface area contributed by atoms with Crippen molar-refractivity contribution in [3.63, 3.8) is 0 Å². The number of non-ortho nitro benzene ring substituents is 1. The Labute approximate surface area is 171 Å². The molecular formula is C22H18FNO6. The van der Waals surface area contributed by atoms with Gasteiger partial charge in [-0.25, -0.2) is 4.39 Å². The molecule has 0 aliphatic carbocycles. The molecule has 0 spiro atoms. The number of nitrogens with zero attached hydrogens (tertiary/aromatic N) is 1. The lowest BCUT2D eigenvalue weighted by molar-refractivity contribution is -0.385. The van der Waals surface area contributed by atoms with Gasteiger partial charge in [-0.15, -0.1) is 0 Å². The van der Waals surface area contributed by atoms with Crippen molar-refractivity contribution >= 4 is 5.69 Å². The van der Waals surface area contributed by atoms with Crippen LogP contribution in [0, 0.1) is 15.9 Å². The number of nitro groups is 1. The molecule has 0 fully saturated rings. The van der Waals surface area contributed by atoms with E-state index in [0.717, 1.165) is 5.56 Å². The van der Waals surface area contributed by atoms with Crippen molar-refractivity contribution in [3.05, 3.63) is 93.3 Å². The number of halogens is 1. The van der Waals surface area contributed by atoms with Crippen LogP contribution in [0.2, 0.25) is 0 Å². The number of benzene rings is 3. The summed E-state index contributed by atoms with van der Waals surface area (Å²) >= 11 is 0. The average molecular weight is 411 g/mol. The van der Waals surface area contributed by atoms with E-state index in [2.05, 4.69) is 0 Å². The van der Waals surface area contributed by atoms with Crippen molar-refractivity contribution in [1.29, 1.82) is 0 Å². The van der Waals surface area contributed by atoms with Crippen LogP contribution in [0.5, 0.6) is 17.2 Å². The third-order valence-electron chi connectivity index (χ3n) is 4.64. The fourth-order valence-corrected chi connectivity index (χ4v) is 3.21. The zero-order chi connectivity index (χ0) is 21.1. The van der Waals surface area contributed by atoms with Gasteiger partial charge in [0, 0.05) is 22.8 Å². The summed E-state index contributed by atoms with van der Waals surface area (Å²) in [5.74, 6) is 0.526. The van der Waals surface area contributed by atoms with E-state index >= 15 is 0 Å². The van der Waals surface area contributed by atoms with Gasteiger partial charge in [0.15, 0.2) is 11.5 Å². The number of ether oxygens (including phenoxy) is 4. The predicted molar refractivity (Wildman–Crippen MR) is 105 cm³/mol. The van der Waals surface area contributed by atoms with Crippen LogP contribution in [0.4, 0.5) is 10.1 Å². The van der Waals surface area contributed by atoms with Crippen molar-refractivity contribution < 1.29 is 28.3 Å². The van der Waals surface area contributed by atoms with Gasteiger partial charge < -0.3 is 18.9 Å². The summed E-state index contributed by atoms with van der Waals surface area (Å²) in [5, 5.41) is 11.1. The van der Waals surface area contributed by atoms with Crippen molar-refractivity contribution in [2.45, 2.75) is 19.5 Å². The highest BCUT2D eigenvalue weighted by Crippen LogP contribution is 2.38. The topological polar surface area (TPSA) is 80.1 Å². The minimum absolute atomic E-state index is 0.0703. The largest absolute Gasteiger partial charge is 0.493 e. The Bertz CT molecular complexity index is 1070. The fraction of sp³-hybridized carbons (Fsp3) is 0.182. The molecular weight excluding hydrogens is 393 g/mol. The Kier molecular flexibility index (Phi) is 5.49. The molecule has 1 aliphatic rings.